The van der Waals surface area contributed by atoms with E-state index in [0.717, 1.165) is 33.1 Å². The quantitative estimate of drug-likeness (QED) is 0.684. The molecule has 2 N–H and O–H groups in total. The minimum absolute atomic E-state index is 0.207. The van der Waals surface area contributed by atoms with E-state index < -0.39 is 29.1 Å². The van der Waals surface area contributed by atoms with Crippen molar-refractivity contribution in [2.75, 3.05) is 0 Å². The Kier molecular flexibility index (Phi) is 4.55. The van der Waals surface area contributed by atoms with Crippen molar-refractivity contribution >= 4 is 17.7 Å². The van der Waals surface area contributed by atoms with E-state index in [-0.39, 0.29) is 5.56 Å². The van der Waals surface area contributed by atoms with Crippen LogP contribution < -0.4 is 10.9 Å². The maximum Gasteiger partial charge on any atom is 0.284 e. The second kappa shape index (κ2) is 6.91. The molecule has 28 heavy (non-hydrogen) atoms. The van der Waals surface area contributed by atoms with Gasteiger partial charge in [-0.3, -0.25) is 9.59 Å². The molecule has 2 heterocycles. The number of rotatable bonds is 3. The molecule has 0 saturated carbocycles. The third-order valence-corrected chi connectivity index (χ3v) is 5.77. The van der Waals surface area contributed by atoms with Gasteiger partial charge in [-0.05, 0) is 35.4 Å². The Morgan fingerprint density at radius 2 is 1.57 bits per heavy atom. The lowest BCUT2D eigenvalue weighted by Gasteiger charge is -2.28. The summed E-state index contributed by atoms with van der Waals surface area (Å²) in [4.78, 5) is 29.1. The summed E-state index contributed by atoms with van der Waals surface area (Å²) in [5.74, 6) is -3.80. The molecule has 1 aliphatic rings. The van der Waals surface area contributed by atoms with Crippen LogP contribution in [0.15, 0.2) is 75.2 Å². The van der Waals surface area contributed by atoms with E-state index >= 15 is 0 Å². The van der Waals surface area contributed by atoms with Crippen molar-refractivity contribution in [1.82, 2.24) is 10.3 Å². The predicted octanol–water partition coefficient (Wildman–Crippen LogP) is 4.47. The molecule has 0 bridgehead atoms. The summed E-state index contributed by atoms with van der Waals surface area (Å²) in [6.45, 7) is 0.686. The van der Waals surface area contributed by atoms with Gasteiger partial charge in [-0.25, -0.2) is 8.78 Å². The molecule has 0 atom stereocenters. The van der Waals surface area contributed by atoms with Crippen LogP contribution >= 0.6 is 11.8 Å². The SMILES string of the molecule is CC(F)(F)c1ccc(C(=O)NC2c3ccccc3Sc3ccccc32)c(=O)[nH]1. The van der Waals surface area contributed by atoms with Crippen molar-refractivity contribution in [3.8, 4) is 0 Å². The summed E-state index contributed by atoms with van der Waals surface area (Å²) in [7, 11) is 0. The first-order valence-electron chi connectivity index (χ1n) is 8.63. The third kappa shape index (κ3) is 3.33. The number of carbonyl (C=O) groups excluding carboxylic acids is 1. The summed E-state index contributed by atoms with van der Waals surface area (Å²) < 4.78 is 26.8. The highest BCUT2D eigenvalue weighted by Gasteiger charge is 2.29. The Morgan fingerprint density at radius 1 is 1.00 bits per heavy atom. The van der Waals surface area contributed by atoms with Gasteiger partial charge in [-0.1, -0.05) is 48.2 Å². The van der Waals surface area contributed by atoms with E-state index in [4.69, 9.17) is 0 Å². The summed E-state index contributed by atoms with van der Waals surface area (Å²) in [5, 5.41) is 2.89. The lowest BCUT2D eigenvalue weighted by molar-refractivity contribution is 0.0125. The van der Waals surface area contributed by atoms with Crippen LogP contribution in [0.4, 0.5) is 8.78 Å². The molecule has 142 valence electrons. The van der Waals surface area contributed by atoms with E-state index in [1.54, 1.807) is 11.8 Å². The lowest BCUT2D eigenvalue weighted by Crippen LogP contribution is -2.35. The predicted molar refractivity (Wildman–Crippen MR) is 103 cm³/mol. The fraction of sp³-hybridized carbons (Fsp3) is 0.143. The Balaban J connectivity index is 1.70. The normalized spacial score (nSPS) is 13.5. The van der Waals surface area contributed by atoms with Crippen LogP contribution in [0.5, 0.6) is 0 Å². The zero-order chi connectivity index (χ0) is 19.9. The topological polar surface area (TPSA) is 62.0 Å². The van der Waals surface area contributed by atoms with E-state index in [1.807, 2.05) is 48.5 Å². The highest BCUT2D eigenvalue weighted by atomic mass is 32.2. The molecule has 0 spiro atoms. The number of H-pyrrole nitrogens is 1. The van der Waals surface area contributed by atoms with Crippen LogP contribution in [-0.4, -0.2) is 10.9 Å². The van der Waals surface area contributed by atoms with Crippen molar-refractivity contribution in [3.63, 3.8) is 0 Å². The summed E-state index contributed by atoms with van der Waals surface area (Å²) in [5.41, 5.74) is 0.267. The van der Waals surface area contributed by atoms with Crippen molar-refractivity contribution in [2.45, 2.75) is 28.7 Å². The number of aromatic amines is 1. The number of alkyl halides is 2. The van der Waals surface area contributed by atoms with Gasteiger partial charge in [0.2, 0.25) is 0 Å². The summed E-state index contributed by atoms with van der Waals surface area (Å²) in [6, 6.07) is 17.2. The Labute approximate surface area is 164 Å². The van der Waals surface area contributed by atoms with E-state index in [1.165, 1.54) is 0 Å². The molecule has 2 aromatic carbocycles. The van der Waals surface area contributed by atoms with Crippen molar-refractivity contribution in [1.29, 1.82) is 0 Å². The van der Waals surface area contributed by atoms with E-state index in [0.29, 0.717) is 6.92 Å². The summed E-state index contributed by atoms with van der Waals surface area (Å²) in [6.07, 6.45) is 0. The maximum atomic E-state index is 13.4. The Bertz CT molecular complexity index is 1080. The highest BCUT2D eigenvalue weighted by Crippen LogP contribution is 2.44. The molecule has 7 heteroatoms. The number of fused-ring (bicyclic) bond motifs is 2. The molecule has 1 amide bonds. The van der Waals surface area contributed by atoms with Crippen molar-refractivity contribution < 1.29 is 13.6 Å². The first-order chi connectivity index (χ1) is 13.3. The van der Waals surface area contributed by atoms with Crippen molar-refractivity contribution in [2.24, 2.45) is 0 Å². The van der Waals surface area contributed by atoms with E-state index in [9.17, 15) is 18.4 Å². The first kappa shape index (κ1) is 18.4. The minimum atomic E-state index is -3.19. The number of carbonyl (C=O) groups is 1. The van der Waals surface area contributed by atoms with E-state index in [2.05, 4.69) is 10.3 Å². The molecule has 0 aliphatic carbocycles. The molecular weight excluding hydrogens is 382 g/mol. The number of amides is 1. The molecule has 4 rings (SSSR count). The Hall–Kier alpha value is -2.93. The lowest BCUT2D eigenvalue weighted by atomic mass is 9.97. The molecule has 0 fully saturated rings. The summed E-state index contributed by atoms with van der Waals surface area (Å²) >= 11 is 1.61. The molecule has 0 unspecified atom stereocenters. The third-order valence-electron chi connectivity index (χ3n) is 4.58. The number of hydrogen-bond acceptors (Lipinski definition) is 3. The number of hydrogen-bond donors (Lipinski definition) is 2. The zero-order valence-corrected chi connectivity index (χ0v) is 15.6. The smallest absolute Gasteiger partial charge is 0.284 e. The van der Waals surface area contributed by atoms with Gasteiger partial charge in [-0.15, -0.1) is 0 Å². The van der Waals surface area contributed by atoms with Gasteiger partial charge in [0.25, 0.3) is 17.4 Å². The van der Waals surface area contributed by atoms with Crippen LogP contribution in [0.2, 0.25) is 0 Å². The van der Waals surface area contributed by atoms with Crippen LogP contribution in [0.3, 0.4) is 0 Å². The number of pyridine rings is 1. The molecule has 0 saturated heterocycles. The number of benzene rings is 2. The molecule has 1 aliphatic heterocycles. The van der Waals surface area contributed by atoms with Gasteiger partial charge >= 0.3 is 0 Å². The zero-order valence-electron chi connectivity index (χ0n) is 14.8. The second-order valence-electron chi connectivity index (χ2n) is 6.59. The van der Waals surface area contributed by atoms with Gasteiger partial charge in [0.15, 0.2) is 0 Å². The van der Waals surface area contributed by atoms with Gasteiger partial charge in [-0.2, -0.15) is 0 Å². The van der Waals surface area contributed by atoms with Crippen LogP contribution in [0.25, 0.3) is 0 Å². The fourth-order valence-electron chi connectivity index (χ4n) is 3.18. The van der Waals surface area contributed by atoms with Crippen LogP contribution in [0, 0.1) is 0 Å². The molecule has 4 nitrogen and oxygen atoms in total. The fourth-order valence-corrected chi connectivity index (χ4v) is 4.32. The van der Waals surface area contributed by atoms with Crippen LogP contribution in [-0.2, 0) is 5.92 Å². The largest absolute Gasteiger partial charge is 0.341 e. The average molecular weight is 398 g/mol. The molecule has 3 aromatic rings. The van der Waals surface area contributed by atoms with Crippen LogP contribution in [0.1, 0.15) is 40.1 Å². The van der Waals surface area contributed by atoms with Gasteiger partial charge in [0.05, 0.1) is 11.7 Å². The maximum absolute atomic E-state index is 13.4. The molecule has 1 aromatic heterocycles. The Morgan fingerprint density at radius 3 is 2.11 bits per heavy atom. The van der Waals surface area contributed by atoms with Crippen molar-refractivity contribution in [3.05, 3.63) is 93.4 Å². The van der Waals surface area contributed by atoms with Gasteiger partial charge in [0, 0.05) is 16.7 Å². The number of nitrogens with one attached hydrogen (secondary N) is 2. The second-order valence-corrected chi connectivity index (χ2v) is 7.67. The van der Waals surface area contributed by atoms with Gasteiger partial charge < -0.3 is 10.3 Å². The first-order valence-corrected chi connectivity index (χ1v) is 9.44. The average Bonchev–Trinajstić information content (AvgIpc) is 2.67. The van der Waals surface area contributed by atoms with Gasteiger partial charge in [0.1, 0.15) is 5.56 Å². The molecule has 0 radical (unpaired) electrons. The highest BCUT2D eigenvalue weighted by molar-refractivity contribution is 7.99. The minimum Gasteiger partial charge on any atom is -0.341 e. The standard InChI is InChI=1S/C21H16F2N2O2S/c1-21(22,23)17-11-10-14(19(26)24-17)20(27)25-18-12-6-2-4-8-15(12)28-16-9-5-3-7-13(16)18/h2-11,18H,1H3,(H,24,26)(H,25,27). The number of halogens is 2. The number of aromatic nitrogens is 1. The molecular formula is C21H16F2N2O2S. The monoisotopic (exact) mass is 398 g/mol.